The Morgan fingerprint density at radius 1 is 0.800 bits per heavy atom. The Bertz CT molecular complexity index is 1260. The van der Waals surface area contributed by atoms with Crippen LogP contribution in [-0.2, 0) is 25.8 Å². The first-order valence-corrected chi connectivity index (χ1v) is 12.1. The van der Waals surface area contributed by atoms with Crippen LogP contribution in [0.15, 0.2) is 71.6 Å². The van der Waals surface area contributed by atoms with Crippen molar-refractivity contribution in [3.05, 3.63) is 89.2 Å². The van der Waals surface area contributed by atoms with Crippen molar-refractivity contribution in [3.63, 3.8) is 0 Å². The molecule has 0 aliphatic rings. The van der Waals surface area contributed by atoms with Gasteiger partial charge in [0.2, 0.25) is 10.0 Å². The summed E-state index contributed by atoms with van der Waals surface area (Å²) in [7, 11) is -7.57. The van der Waals surface area contributed by atoms with Gasteiger partial charge in [-0.3, -0.25) is 9.44 Å². The quantitative estimate of drug-likeness (QED) is 0.567. The second-order valence-electron chi connectivity index (χ2n) is 6.94. The molecule has 0 saturated heterocycles. The lowest BCUT2D eigenvalue weighted by Crippen LogP contribution is -2.16. The van der Waals surface area contributed by atoms with Gasteiger partial charge in [0.1, 0.15) is 5.82 Å². The first kappa shape index (κ1) is 21.8. The summed E-state index contributed by atoms with van der Waals surface area (Å²) in [4.78, 5) is 0.00453. The summed E-state index contributed by atoms with van der Waals surface area (Å²) in [5.41, 5.74) is 2.85. The second-order valence-corrected chi connectivity index (χ2v) is 10.3. The molecule has 0 unspecified atom stereocenters. The van der Waals surface area contributed by atoms with E-state index in [9.17, 15) is 21.2 Å². The van der Waals surface area contributed by atoms with E-state index in [1.165, 1.54) is 48.5 Å². The van der Waals surface area contributed by atoms with Crippen LogP contribution in [-0.4, -0.2) is 16.8 Å². The Hall–Kier alpha value is -2.91. The molecule has 0 atom stereocenters. The fraction of sp³-hybridized carbons (Fsp3) is 0.143. The third-order valence-electron chi connectivity index (χ3n) is 4.35. The minimum atomic E-state index is -3.83. The van der Waals surface area contributed by atoms with E-state index in [1.807, 2.05) is 19.1 Å². The number of nitrogens with one attached hydrogen (secondary N) is 2. The van der Waals surface area contributed by atoms with Crippen molar-refractivity contribution in [2.45, 2.75) is 24.5 Å². The highest BCUT2D eigenvalue weighted by Gasteiger charge is 2.17. The molecule has 158 valence electrons. The first-order valence-electron chi connectivity index (χ1n) is 8.99. The van der Waals surface area contributed by atoms with Crippen molar-refractivity contribution in [3.8, 4) is 0 Å². The van der Waals surface area contributed by atoms with Crippen LogP contribution in [0.25, 0.3) is 0 Å². The van der Waals surface area contributed by atoms with Gasteiger partial charge in [-0.15, -0.1) is 0 Å². The monoisotopic (exact) mass is 448 g/mol. The van der Waals surface area contributed by atoms with E-state index in [-0.39, 0.29) is 16.3 Å². The van der Waals surface area contributed by atoms with Crippen LogP contribution in [0, 0.1) is 19.7 Å². The predicted octanol–water partition coefficient (Wildman–Crippen LogP) is 4.19. The van der Waals surface area contributed by atoms with E-state index in [1.54, 1.807) is 13.0 Å². The van der Waals surface area contributed by atoms with Crippen molar-refractivity contribution in [2.24, 2.45) is 0 Å². The summed E-state index contributed by atoms with van der Waals surface area (Å²) >= 11 is 0. The smallest absolute Gasteiger partial charge is 0.261 e. The fourth-order valence-corrected chi connectivity index (χ4v) is 5.09. The largest absolute Gasteiger partial charge is 0.283 e. The maximum absolute atomic E-state index is 13.0. The van der Waals surface area contributed by atoms with Crippen LogP contribution >= 0.6 is 0 Å². The van der Waals surface area contributed by atoms with Gasteiger partial charge >= 0.3 is 0 Å². The van der Waals surface area contributed by atoms with Crippen LogP contribution < -0.4 is 9.44 Å². The van der Waals surface area contributed by atoms with Crippen molar-refractivity contribution in [2.75, 3.05) is 9.44 Å². The molecule has 0 radical (unpaired) electrons. The van der Waals surface area contributed by atoms with Gasteiger partial charge in [0.15, 0.2) is 0 Å². The molecule has 2 N–H and O–H groups in total. The third kappa shape index (κ3) is 5.58. The topological polar surface area (TPSA) is 92.3 Å². The van der Waals surface area contributed by atoms with Gasteiger partial charge < -0.3 is 0 Å². The molecule has 3 aromatic carbocycles. The minimum absolute atomic E-state index is 0.00453. The summed E-state index contributed by atoms with van der Waals surface area (Å²) < 4.78 is 67.8. The second kappa shape index (κ2) is 8.45. The molecule has 9 heteroatoms. The highest BCUT2D eigenvalue weighted by atomic mass is 32.2. The van der Waals surface area contributed by atoms with Gasteiger partial charge in [0.25, 0.3) is 10.0 Å². The molecule has 30 heavy (non-hydrogen) atoms. The van der Waals surface area contributed by atoms with Crippen molar-refractivity contribution >= 4 is 31.4 Å². The van der Waals surface area contributed by atoms with Gasteiger partial charge in [-0.25, -0.2) is 21.2 Å². The molecule has 0 spiro atoms. The molecule has 0 amide bonds. The molecule has 0 fully saturated rings. The Labute approximate surface area is 175 Å². The maximum atomic E-state index is 13.0. The molecule has 0 heterocycles. The van der Waals surface area contributed by atoms with Crippen LogP contribution in [0.5, 0.6) is 0 Å². The zero-order chi connectivity index (χ0) is 21.9. The summed E-state index contributed by atoms with van der Waals surface area (Å²) in [6, 6.07) is 16.0. The molecule has 0 saturated carbocycles. The fourth-order valence-electron chi connectivity index (χ4n) is 2.77. The van der Waals surface area contributed by atoms with Crippen LogP contribution in [0.2, 0.25) is 0 Å². The summed E-state index contributed by atoms with van der Waals surface area (Å²) in [6.07, 6.45) is 0. The van der Waals surface area contributed by atoms with Crippen LogP contribution in [0.4, 0.5) is 15.8 Å². The van der Waals surface area contributed by atoms with E-state index in [4.69, 9.17) is 0 Å². The van der Waals surface area contributed by atoms with E-state index in [2.05, 4.69) is 9.44 Å². The molecule has 0 bridgehead atoms. The van der Waals surface area contributed by atoms with Crippen molar-refractivity contribution < 1.29 is 21.2 Å². The average Bonchev–Trinajstić information content (AvgIpc) is 2.66. The highest BCUT2D eigenvalue weighted by Crippen LogP contribution is 2.22. The zero-order valence-corrected chi connectivity index (χ0v) is 18.0. The lowest BCUT2D eigenvalue weighted by atomic mass is 10.1. The molecule has 6 nitrogen and oxygen atoms in total. The molecule has 0 aromatic heterocycles. The lowest BCUT2D eigenvalue weighted by Gasteiger charge is -2.12. The van der Waals surface area contributed by atoms with E-state index in [0.717, 1.165) is 11.1 Å². The highest BCUT2D eigenvalue weighted by molar-refractivity contribution is 7.92. The minimum Gasteiger partial charge on any atom is -0.283 e. The van der Waals surface area contributed by atoms with Crippen molar-refractivity contribution in [1.29, 1.82) is 0 Å². The number of rotatable bonds is 7. The Morgan fingerprint density at radius 2 is 1.43 bits per heavy atom. The number of anilines is 2. The normalized spacial score (nSPS) is 11.8. The summed E-state index contributed by atoms with van der Waals surface area (Å²) in [5.74, 6) is -0.781. The number of aryl methyl sites for hydroxylation is 2. The van der Waals surface area contributed by atoms with Crippen LogP contribution in [0.3, 0.4) is 0 Å². The molecule has 0 aliphatic carbocycles. The average molecular weight is 449 g/mol. The van der Waals surface area contributed by atoms with E-state index < -0.39 is 25.9 Å². The Morgan fingerprint density at radius 3 is 2.07 bits per heavy atom. The predicted molar refractivity (Wildman–Crippen MR) is 116 cm³/mol. The number of benzene rings is 3. The first-order chi connectivity index (χ1) is 14.0. The number of sulfonamides is 2. The molecular formula is C21H21FN2O4S2. The number of hydrogen-bond acceptors (Lipinski definition) is 4. The van der Waals surface area contributed by atoms with E-state index >= 15 is 0 Å². The van der Waals surface area contributed by atoms with Gasteiger partial charge in [-0.05, 0) is 73.0 Å². The van der Waals surface area contributed by atoms with E-state index in [0.29, 0.717) is 11.3 Å². The Balaban J connectivity index is 1.73. The SMILES string of the molecule is Cc1ccc(C)c(NS(=O)(=O)c2ccc(NS(=O)(=O)Cc3ccc(F)cc3)cc2)c1. The number of halogens is 1. The van der Waals surface area contributed by atoms with Crippen LogP contribution in [0.1, 0.15) is 16.7 Å². The third-order valence-corrected chi connectivity index (χ3v) is 6.99. The lowest BCUT2D eigenvalue weighted by molar-refractivity contribution is 0.599. The molecular weight excluding hydrogens is 427 g/mol. The van der Waals surface area contributed by atoms with Gasteiger partial charge in [-0.2, -0.15) is 0 Å². The zero-order valence-electron chi connectivity index (χ0n) is 16.4. The standard InChI is InChI=1S/C21H21FN2O4S2/c1-15-3-4-16(2)21(13-15)24-30(27,28)20-11-9-19(10-12-20)23-29(25,26)14-17-5-7-18(22)8-6-17/h3-13,23-24H,14H2,1-2H3. The Kier molecular flexibility index (Phi) is 6.14. The van der Waals surface area contributed by atoms with Gasteiger partial charge in [-0.1, -0.05) is 24.3 Å². The molecule has 3 rings (SSSR count). The van der Waals surface area contributed by atoms with Gasteiger partial charge in [0, 0.05) is 5.69 Å². The van der Waals surface area contributed by atoms with Gasteiger partial charge in [0.05, 0.1) is 16.3 Å². The van der Waals surface area contributed by atoms with Crippen molar-refractivity contribution in [1.82, 2.24) is 0 Å². The molecule has 0 aliphatic heterocycles. The molecule has 3 aromatic rings. The maximum Gasteiger partial charge on any atom is 0.261 e. The number of hydrogen-bond donors (Lipinski definition) is 2. The summed E-state index contributed by atoms with van der Waals surface area (Å²) in [6.45, 7) is 3.67. The summed E-state index contributed by atoms with van der Waals surface area (Å²) in [5, 5.41) is 0.